The Hall–Kier alpha value is -2.75. The third-order valence-electron chi connectivity index (χ3n) is 4.19. The highest BCUT2D eigenvalue weighted by molar-refractivity contribution is 5.78. The molecule has 0 atom stereocenters. The van der Waals surface area contributed by atoms with Crippen LogP contribution in [0.25, 0.3) is 0 Å². The molecule has 1 aliphatic rings. The number of aromatic amines is 1. The number of piperazine rings is 1. The van der Waals surface area contributed by atoms with Crippen molar-refractivity contribution in [3.63, 3.8) is 0 Å². The Labute approximate surface area is 158 Å². The first kappa shape index (κ1) is 19.0. The topological polar surface area (TPSA) is 115 Å². The van der Waals surface area contributed by atoms with Gasteiger partial charge in [0.1, 0.15) is 5.82 Å². The van der Waals surface area contributed by atoms with E-state index in [9.17, 15) is 4.79 Å². The van der Waals surface area contributed by atoms with Crippen LogP contribution in [0.3, 0.4) is 0 Å². The van der Waals surface area contributed by atoms with Gasteiger partial charge in [0.15, 0.2) is 5.82 Å². The van der Waals surface area contributed by atoms with Crippen molar-refractivity contribution in [3.8, 4) is 0 Å². The Balaban J connectivity index is 1.66. The van der Waals surface area contributed by atoms with E-state index in [1.165, 1.54) is 0 Å². The number of aromatic nitrogens is 5. The second-order valence-corrected chi connectivity index (χ2v) is 7.10. The van der Waals surface area contributed by atoms with Crippen LogP contribution in [0.15, 0.2) is 6.07 Å². The molecule has 1 saturated heterocycles. The third-order valence-corrected chi connectivity index (χ3v) is 4.19. The van der Waals surface area contributed by atoms with E-state index >= 15 is 0 Å². The molecule has 0 bridgehead atoms. The standard InChI is InChI=1S/C17H27N9O/c1-11(2)18-15(27)10-13-9-14(24-23-13)21-16-19-12(3)20-17(22-16)26-7-5-25(4)6-8-26/h9,11H,5-8,10H2,1-4H3,(H,18,27)(H2,19,20,21,22,23,24). The summed E-state index contributed by atoms with van der Waals surface area (Å²) >= 11 is 0. The van der Waals surface area contributed by atoms with Crippen molar-refractivity contribution in [2.24, 2.45) is 0 Å². The van der Waals surface area contributed by atoms with Gasteiger partial charge in [0.05, 0.1) is 6.42 Å². The van der Waals surface area contributed by atoms with Crippen molar-refractivity contribution in [3.05, 3.63) is 17.6 Å². The fraction of sp³-hybridized carbons (Fsp3) is 0.588. The van der Waals surface area contributed by atoms with Gasteiger partial charge in [-0.3, -0.25) is 9.89 Å². The first-order valence-electron chi connectivity index (χ1n) is 9.16. The van der Waals surface area contributed by atoms with Crippen LogP contribution in [0, 0.1) is 6.92 Å². The van der Waals surface area contributed by atoms with E-state index in [0.717, 1.165) is 31.9 Å². The van der Waals surface area contributed by atoms with Crippen LogP contribution in [-0.4, -0.2) is 75.2 Å². The Kier molecular flexibility index (Phi) is 5.84. The average Bonchev–Trinajstić information content (AvgIpc) is 3.00. The van der Waals surface area contributed by atoms with E-state index in [0.29, 0.717) is 23.5 Å². The van der Waals surface area contributed by atoms with Gasteiger partial charge in [0, 0.05) is 44.0 Å². The van der Waals surface area contributed by atoms with Gasteiger partial charge in [-0.1, -0.05) is 0 Å². The van der Waals surface area contributed by atoms with Crippen LogP contribution < -0.4 is 15.5 Å². The maximum absolute atomic E-state index is 11.9. The van der Waals surface area contributed by atoms with E-state index < -0.39 is 0 Å². The van der Waals surface area contributed by atoms with Gasteiger partial charge in [-0.25, -0.2) is 0 Å². The molecule has 0 unspecified atom stereocenters. The van der Waals surface area contributed by atoms with Gasteiger partial charge in [0.2, 0.25) is 17.8 Å². The average molecular weight is 373 g/mol. The van der Waals surface area contributed by atoms with Crippen LogP contribution in [0.5, 0.6) is 0 Å². The Bertz CT molecular complexity index is 780. The number of nitrogens with zero attached hydrogens (tertiary/aromatic N) is 6. The molecule has 3 rings (SSSR count). The van der Waals surface area contributed by atoms with Crippen LogP contribution in [0.2, 0.25) is 0 Å². The molecule has 10 heteroatoms. The lowest BCUT2D eigenvalue weighted by Crippen LogP contribution is -2.45. The number of amides is 1. The van der Waals surface area contributed by atoms with Crippen molar-refractivity contribution < 1.29 is 4.79 Å². The van der Waals surface area contributed by atoms with Gasteiger partial charge >= 0.3 is 0 Å². The minimum Gasteiger partial charge on any atom is -0.354 e. The van der Waals surface area contributed by atoms with Crippen LogP contribution >= 0.6 is 0 Å². The minimum atomic E-state index is -0.0476. The molecular weight excluding hydrogens is 346 g/mol. The second kappa shape index (κ2) is 8.30. The Morgan fingerprint density at radius 1 is 1.22 bits per heavy atom. The van der Waals surface area contributed by atoms with Gasteiger partial charge in [-0.15, -0.1) is 0 Å². The van der Waals surface area contributed by atoms with Gasteiger partial charge < -0.3 is 20.4 Å². The highest BCUT2D eigenvalue weighted by Crippen LogP contribution is 2.16. The number of likely N-dealkylation sites (N-methyl/N-ethyl adjacent to an activating group) is 1. The van der Waals surface area contributed by atoms with E-state index in [1.807, 2.05) is 20.8 Å². The number of H-pyrrole nitrogens is 1. The Morgan fingerprint density at radius 3 is 2.67 bits per heavy atom. The van der Waals surface area contributed by atoms with E-state index in [1.54, 1.807) is 6.07 Å². The molecular formula is C17H27N9O. The number of anilines is 3. The molecule has 0 aromatic carbocycles. The van der Waals surface area contributed by atoms with Crippen molar-refractivity contribution in [1.82, 2.24) is 35.4 Å². The zero-order valence-corrected chi connectivity index (χ0v) is 16.3. The molecule has 1 amide bonds. The maximum Gasteiger partial charge on any atom is 0.233 e. The normalized spacial score (nSPS) is 15.2. The lowest BCUT2D eigenvalue weighted by Gasteiger charge is -2.32. The number of hydrogen-bond acceptors (Lipinski definition) is 8. The summed E-state index contributed by atoms with van der Waals surface area (Å²) in [4.78, 5) is 29.6. The summed E-state index contributed by atoms with van der Waals surface area (Å²) in [5.41, 5.74) is 0.723. The van der Waals surface area contributed by atoms with E-state index in [2.05, 4.69) is 52.6 Å². The lowest BCUT2D eigenvalue weighted by molar-refractivity contribution is -0.120. The second-order valence-electron chi connectivity index (χ2n) is 7.10. The predicted octanol–water partition coefficient (Wildman–Crippen LogP) is 0.466. The number of carbonyl (C=O) groups is 1. The van der Waals surface area contributed by atoms with E-state index in [4.69, 9.17) is 0 Å². The third kappa shape index (κ3) is 5.36. The van der Waals surface area contributed by atoms with Crippen LogP contribution in [0.1, 0.15) is 25.4 Å². The molecule has 3 heterocycles. The summed E-state index contributed by atoms with van der Waals surface area (Å²) in [5, 5.41) is 13.0. The molecule has 3 N–H and O–H groups in total. The van der Waals surface area contributed by atoms with Gasteiger partial charge in [0.25, 0.3) is 0 Å². The SMILES string of the molecule is Cc1nc(Nc2cc(CC(=O)NC(C)C)[nH]n2)nc(N2CCN(C)CC2)n1. The molecule has 2 aromatic heterocycles. The number of nitrogens with one attached hydrogen (secondary N) is 3. The summed E-state index contributed by atoms with van der Waals surface area (Å²) in [6, 6.07) is 1.90. The fourth-order valence-electron chi connectivity index (χ4n) is 2.85. The summed E-state index contributed by atoms with van der Waals surface area (Å²) in [7, 11) is 2.11. The number of carbonyl (C=O) groups excluding carboxylic acids is 1. The molecule has 27 heavy (non-hydrogen) atoms. The molecule has 2 aromatic rings. The van der Waals surface area contributed by atoms with Crippen LogP contribution in [0.4, 0.5) is 17.7 Å². The first-order valence-corrected chi connectivity index (χ1v) is 9.16. The molecule has 0 aliphatic carbocycles. The van der Waals surface area contributed by atoms with E-state index in [-0.39, 0.29) is 18.4 Å². The monoisotopic (exact) mass is 373 g/mol. The number of rotatable bonds is 6. The largest absolute Gasteiger partial charge is 0.354 e. The molecule has 0 saturated carbocycles. The van der Waals surface area contributed by atoms with Crippen molar-refractivity contribution in [2.45, 2.75) is 33.2 Å². The summed E-state index contributed by atoms with van der Waals surface area (Å²) < 4.78 is 0. The lowest BCUT2D eigenvalue weighted by atomic mass is 10.2. The highest BCUT2D eigenvalue weighted by Gasteiger charge is 2.18. The maximum atomic E-state index is 11.9. The molecule has 0 radical (unpaired) electrons. The smallest absolute Gasteiger partial charge is 0.233 e. The van der Waals surface area contributed by atoms with Gasteiger partial charge in [-0.2, -0.15) is 20.1 Å². The van der Waals surface area contributed by atoms with Crippen molar-refractivity contribution in [1.29, 1.82) is 0 Å². The zero-order valence-electron chi connectivity index (χ0n) is 16.3. The summed E-state index contributed by atoms with van der Waals surface area (Å²) in [5.74, 6) is 2.28. The molecule has 146 valence electrons. The van der Waals surface area contributed by atoms with Crippen molar-refractivity contribution >= 4 is 23.6 Å². The first-order chi connectivity index (χ1) is 12.9. The molecule has 1 aliphatic heterocycles. The summed E-state index contributed by atoms with van der Waals surface area (Å²) in [6.07, 6.45) is 0.246. The van der Waals surface area contributed by atoms with Crippen molar-refractivity contribution in [2.75, 3.05) is 43.4 Å². The summed E-state index contributed by atoms with van der Waals surface area (Å²) in [6.45, 7) is 9.44. The minimum absolute atomic E-state index is 0.0476. The quantitative estimate of drug-likeness (QED) is 0.669. The fourth-order valence-corrected chi connectivity index (χ4v) is 2.85. The number of hydrogen-bond donors (Lipinski definition) is 3. The van der Waals surface area contributed by atoms with Gasteiger partial charge in [-0.05, 0) is 27.8 Å². The molecule has 10 nitrogen and oxygen atoms in total. The Morgan fingerprint density at radius 2 is 1.96 bits per heavy atom. The highest BCUT2D eigenvalue weighted by atomic mass is 16.1. The zero-order chi connectivity index (χ0) is 19.4. The molecule has 1 fully saturated rings. The predicted molar refractivity (Wildman–Crippen MR) is 103 cm³/mol. The number of aryl methyl sites for hydroxylation is 1. The molecule has 0 spiro atoms. The van der Waals surface area contributed by atoms with Crippen LogP contribution in [-0.2, 0) is 11.2 Å².